The Labute approximate surface area is 99.5 Å². The van der Waals surface area contributed by atoms with Crippen LogP contribution in [0.25, 0.3) is 0 Å². The molecule has 0 atom stereocenters. The minimum Gasteiger partial charge on any atom is -0.390 e. The number of hydrogen-bond donors (Lipinski definition) is 1. The molecule has 0 fully saturated rings. The lowest BCUT2D eigenvalue weighted by molar-refractivity contribution is 0.276. The van der Waals surface area contributed by atoms with E-state index in [1.165, 1.54) is 0 Å². The lowest BCUT2D eigenvalue weighted by atomic mass is 10.3. The highest BCUT2D eigenvalue weighted by Gasteiger charge is 2.05. The molecule has 0 aliphatic rings. The summed E-state index contributed by atoms with van der Waals surface area (Å²) in [4.78, 5) is 10.3. The van der Waals surface area contributed by atoms with E-state index in [1.54, 1.807) is 17.1 Å². The first kappa shape index (κ1) is 11.5. The molecule has 0 aromatic carbocycles. The number of rotatable bonds is 4. The molecule has 0 radical (unpaired) electrons. The Kier molecular flexibility index (Phi) is 3.34. The number of nitrogens with zero attached hydrogens (tertiary/aromatic N) is 5. The molecule has 2 rings (SSSR count). The van der Waals surface area contributed by atoms with Crippen molar-refractivity contribution in [3.63, 3.8) is 0 Å². The van der Waals surface area contributed by atoms with Gasteiger partial charge in [0.1, 0.15) is 5.82 Å². The van der Waals surface area contributed by atoms with Crippen LogP contribution >= 0.6 is 0 Å². The summed E-state index contributed by atoms with van der Waals surface area (Å²) >= 11 is 0. The zero-order valence-corrected chi connectivity index (χ0v) is 9.91. The van der Waals surface area contributed by atoms with E-state index in [1.807, 2.05) is 31.4 Å². The summed E-state index contributed by atoms with van der Waals surface area (Å²) in [5.74, 6) is 0.769. The number of aryl methyl sites for hydroxylation is 1. The summed E-state index contributed by atoms with van der Waals surface area (Å²) in [6.45, 7) is 0.639. The van der Waals surface area contributed by atoms with Crippen LogP contribution in [0.5, 0.6) is 0 Å². The molecule has 6 heteroatoms. The van der Waals surface area contributed by atoms with Gasteiger partial charge >= 0.3 is 0 Å². The summed E-state index contributed by atoms with van der Waals surface area (Å²) in [5, 5.41) is 13.0. The molecule has 0 unspecified atom stereocenters. The molecule has 1 N–H and O–H groups in total. The second kappa shape index (κ2) is 4.92. The molecule has 0 bridgehead atoms. The van der Waals surface area contributed by atoms with Crippen LogP contribution in [0.2, 0.25) is 0 Å². The molecular formula is C11H15N5O. The lowest BCUT2D eigenvalue weighted by Gasteiger charge is -2.16. The number of aliphatic hydroxyl groups is 1. The molecule has 2 aromatic heterocycles. The minimum atomic E-state index is -0.0837. The predicted octanol–water partition coefficient (Wildman–Crippen LogP) is 0.339. The van der Waals surface area contributed by atoms with Crippen molar-refractivity contribution < 1.29 is 5.11 Å². The molecule has 6 nitrogen and oxygen atoms in total. The summed E-state index contributed by atoms with van der Waals surface area (Å²) in [6.07, 6.45) is 7.02. The molecule has 90 valence electrons. The van der Waals surface area contributed by atoms with E-state index < -0.39 is 0 Å². The van der Waals surface area contributed by atoms with Crippen LogP contribution in [0.3, 0.4) is 0 Å². The van der Waals surface area contributed by atoms with Gasteiger partial charge in [-0.2, -0.15) is 5.10 Å². The Morgan fingerprint density at radius 3 is 2.65 bits per heavy atom. The van der Waals surface area contributed by atoms with Crippen molar-refractivity contribution in [3.05, 3.63) is 36.0 Å². The van der Waals surface area contributed by atoms with Gasteiger partial charge in [-0.05, 0) is 0 Å². The number of anilines is 1. The van der Waals surface area contributed by atoms with Crippen molar-refractivity contribution in [2.45, 2.75) is 13.2 Å². The molecule has 0 saturated carbocycles. The van der Waals surface area contributed by atoms with Crippen LogP contribution in [0.4, 0.5) is 5.82 Å². The molecule has 2 aromatic rings. The van der Waals surface area contributed by atoms with E-state index in [-0.39, 0.29) is 6.61 Å². The lowest BCUT2D eigenvalue weighted by Crippen LogP contribution is -2.17. The average Bonchev–Trinajstić information content (AvgIpc) is 2.75. The van der Waals surface area contributed by atoms with Crippen molar-refractivity contribution in [1.29, 1.82) is 0 Å². The van der Waals surface area contributed by atoms with Crippen LogP contribution in [-0.4, -0.2) is 31.9 Å². The van der Waals surface area contributed by atoms with Gasteiger partial charge in [-0.15, -0.1) is 0 Å². The molecule has 0 aliphatic heterocycles. The van der Waals surface area contributed by atoms with Crippen molar-refractivity contribution in [1.82, 2.24) is 19.7 Å². The van der Waals surface area contributed by atoms with E-state index in [4.69, 9.17) is 5.11 Å². The quantitative estimate of drug-likeness (QED) is 0.824. The molecular weight excluding hydrogens is 218 g/mol. The molecule has 2 heterocycles. The van der Waals surface area contributed by atoms with Gasteiger partial charge in [-0.25, -0.2) is 4.98 Å². The van der Waals surface area contributed by atoms with Crippen LogP contribution in [0.15, 0.2) is 24.8 Å². The maximum absolute atomic E-state index is 8.88. The van der Waals surface area contributed by atoms with E-state index in [0.29, 0.717) is 5.69 Å². The fourth-order valence-corrected chi connectivity index (χ4v) is 1.54. The van der Waals surface area contributed by atoms with E-state index >= 15 is 0 Å². The maximum Gasteiger partial charge on any atom is 0.147 e. The van der Waals surface area contributed by atoms with Gasteiger partial charge in [0.05, 0.1) is 30.9 Å². The van der Waals surface area contributed by atoms with Crippen molar-refractivity contribution >= 4 is 5.82 Å². The smallest absolute Gasteiger partial charge is 0.147 e. The maximum atomic E-state index is 8.88. The van der Waals surface area contributed by atoms with Gasteiger partial charge in [0.2, 0.25) is 0 Å². The number of aliphatic hydroxyl groups excluding tert-OH is 1. The third-order valence-electron chi connectivity index (χ3n) is 2.42. The topological polar surface area (TPSA) is 67.1 Å². The predicted molar refractivity (Wildman–Crippen MR) is 63.3 cm³/mol. The number of aromatic nitrogens is 4. The van der Waals surface area contributed by atoms with Gasteiger partial charge in [-0.3, -0.25) is 9.67 Å². The Morgan fingerprint density at radius 1 is 1.29 bits per heavy atom. The van der Waals surface area contributed by atoms with Gasteiger partial charge in [-0.1, -0.05) is 0 Å². The Hall–Kier alpha value is -1.95. The highest BCUT2D eigenvalue weighted by molar-refractivity contribution is 5.35. The zero-order valence-electron chi connectivity index (χ0n) is 9.91. The average molecular weight is 233 g/mol. The molecule has 0 spiro atoms. The first-order chi connectivity index (χ1) is 8.19. The summed E-state index contributed by atoms with van der Waals surface area (Å²) < 4.78 is 1.77. The highest BCUT2D eigenvalue weighted by atomic mass is 16.3. The first-order valence-electron chi connectivity index (χ1n) is 5.29. The molecule has 0 aliphatic carbocycles. The van der Waals surface area contributed by atoms with Gasteiger partial charge in [0.15, 0.2) is 0 Å². The summed E-state index contributed by atoms with van der Waals surface area (Å²) in [7, 11) is 3.83. The Morgan fingerprint density at radius 2 is 2.12 bits per heavy atom. The van der Waals surface area contributed by atoms with Crippen LogP contribution in [-0.2, 0) is 20.2 Å². The van der Waals surface area contributed by atoms with E-state index in [9.17, 15) is 0 Å². The van der Waals surface area contributed by atoms with Crippen LogP contribution in [0, 0.1) is 0 Å². The largest absolute Gasteiger partial charge is 0.390 e. The van der Waals surface area contributed by atoms with Crippen molar-refractivity contribution in [2.24, 2.45) is 7.05 Å². The van der Waals surface area contributed by atoms with E-state index in [0.717, 1.165) is 17.9 Å². The number of hydrogen-bond acceptors (Lipinski definition) is 5. The Bertz CT molecular complexity index is 479. The third kappa shape index (κ3) is 2.79. The van der Waals surface area contributed by atoms with E-state index in [2.05, 4.69) is 15.1 Å². The van der Waals surface area contributed by atoms with Gasteiger partial charge in [0.25, 0.3) is 0 Å². The van der Waals surface area contributed by atoms with Crippen LogP contribution < -0.4 is 4.90 Å². The van der Waals surface area contributed by atoms with Gasteiger partial charge in [0, 0.05) is 32.4 Å². The monoisotopic (exact) mass is 233 g/mol. The Balaban J connectivity index is 2.06. The summed E-state index contributed by atoms with van der Waals surface area (Å²) in [5.41, 5.74) is 1.69. The van der Waals surface area contributed by atoms with Crippen molar-refractivity contribution in [3.8, 4) is 0 Å². The second-order valence-electron chi connectivity index (χ2n) is 3.90. The molecule has 0 saturated heterocycles. The third-order valence-corrected chi connectivity index (χ3v) is 2.42. The fourth-order valence-electron chi connectivity index (χ4n) is 1.54. The SMILES string of the molecule is CN(Cc1cnn(C)c1)c1cnc(CO)cn1. The minimum absolute atomic E-state index is 0.0837. The standard InChI is InChI=1S/C11H15N5O/c1-15(6-9-3-14-16(2)7-9)11-5-12-10(8-17)4-13-11/h3-5,7,17H,6,8H2,1-2H3. The zero-order chi connectivity index (χ0) is 12.3. The fraction of sp³-hybridized carbons (Fsp3) is 0.364. The molecule has 0 amide bonds. The summed E-state index contributed by atoms with van der Waals surface area (Å²) in [6, 6.07) is 0. The highest BCUT2D eigenvalue weighted by Crippen LogP contribution is 2.10. The second-order valence-corrected chi connectivity index (χ2v) is 3.90. The first-order valence-corrected chi connectivity index (χ1v) is 5.29. The molecule has 17 heavy (non-hydrogen) atoms. The van der Waals surface area contributed by atoms with Crippen molar-refractivity contribution in [2.75, 3.05) is 11.9 Å². The van der Waals surface area contributed by atoms with Crippen LogP contribution in [0.1, 0.15) is 11.3 Å². The normalized spacial score (nSPS) is 10.5. The van der Waals surface area contributed by atoms with Gasteiger partial charge < -0.3 is 10.0 Å².